The minimum Gasteiger partial charge on any atom is -0.354 e. The third-order valence-corrected chi connectivity index (χ3v) is 3.54. The van der Waals surface area contributed by atoms with Crippen LogP contribution in [0.3, 0.4) is 0 Å². The van der Waals surface area contributed by atoms with Crippen molar-refractivity contribution >= 4 is 23.5 Å². The molecule has 0 saturated carbocycles. The lowest BCUT2D eigenvalue weighted by Crippen LogP contribution is -2.30. The molecule has 0 atom stereocenters. The zero-order valence-electron chi connectivity index (χ0n) is 11.3. The molecule has 1 aliphatic rings. The third kappa shape index (κ3) is 3.28. The summed E-state index contributed by atoms with van der Waals surface area (Å²) in [6, 6.07) is 7.41. The van der Waals surface area contributed by atoms with Crippen LogP contribution in [0.2, 0.25) is 5.02 Å². The smallest absolute Gasteiger partial charge is 0.245 e. The van der Waals surface area contributed by atoms with Gasteiger partial charge in [-0.05, 0) is 12.1 Å². The summed E-state index contributed by atoms with van der Waals surface area (Å²) in [6.45, 7) is 1.86. The molecule has 1 saturated heterocycles. The van der Waals surface area contributed by atoms with E-state index in [-0.39, 0.29) is 5.91 Å². The molecular formula is C14H14ClN5O. The van der Waals surface area contributed by atoms with Crippen molar-refractivity contribution in [1.82, 2.24) is 20.5 Å². The molecule has 0 radical (unpaired) electrons. The van der Waals surface area contributed by atoms with Crippen LogP contribution in [-0.2, 0) is 4.79 Å². The fourth-order valence-electron chi connectivity index (χ4n) is 2.15. The van der Waals surface area contributed by atoms with Gasteiger partial charge in [-0.1, -0.05) is 23.7 Å². The monoisotopic (exact) mass is 303 g/mol. The highest BCUT2D eigenvalue weighted by molar-refractivity contribution is 6.30. The number of carbonyl (C=O) groups is 1. The second-order valence-corrected chi connectivity index (χ2v) is 5.17. The number of aromatic nitrogens is 3. The van der Waals surface area contributed by atoms with Crippen molar-refractivity contribution in [3.63, 3.8) is 0 Å². The molecule has 1 aromatic heterocycles. The van der Waals surface area contributed by atoms with Gasteiger partial charge in [-0.15, -0.1) is 5.10 Å². The van der Waals surface area contributed by atoms with Gasteiger partial charge in [0, 0.05) is 36.6 Å². The van der Waals surface area contributed by atoms with E-state index in [0.29, 0.717) is 37.0 Å². The molecule has 21 heavy (non-hydrogen) atoms. The number of anilines is 1. The van der Waals surface area contributed by atoms with Crippen molar-refractivity contribution in [3.05, 3.63) is 35.5 Å². The van der Waals surface area contributed by atoms with Crippen LogP contribution < -0.4 is 10.2 Å². The molecule has 2 heterocycles. The quantitative estimate of drug-likeness (QED) is 0.911. The summed E-state index contributed by atoms with van der Waals surface area (Å²) in [5, 5.41) is 11.6. The standard InChI is InChI=1S/C14H14ClN5O/c15-11-3-1-10(2-4-11)12-9-17-19-14(18-12)20-7-5-13(21)16-6-8-20/h1-4,9H,5-8H2,(H,16,21). The van der Waals surface area contributed by atoms with E-state index in [1.165, 1.54) is 0 Å². The average molecular weight is 304 g/mol. The number of amides is 1. The van der Waals surface area contributed by atoms with Crippen molar-refractivity contribution < 1.29 is 4.79 Å². The summed E-state index contributed by atoms with van der Waals surface area (Å²) in [5.74, 6) is 0.596. The van der Waals surface area contributed by atoms with E-state index in [0.717, 1.165) is 11.3 Å². The van der Waals surface area contributed by atoms with E-state index in [4.69, 9.17) is 11.6 Å². The summed E-state index contributed by atoms with van der Waals surface area (Å²) in [5.41, 5.74) is 1.67. The van der Waals surface area contributed by atoms with Crippen LogP contribution in [0, 0.1) is 0 Å². The predicted octanol–water partition coefficient (Wildman–Crippen LogP) is 1.52. The van der Waals surface area contributed by atoms with E-state index in [1.807, 2.05) is 29.2 Å². The number of rotatable bonds is 2. The van der Waals surface area contributed by atoms with E-state index < -0.39 is 0 Å². The number of halogens is 1. The summed E-state index contributed by atoms with van der Waals surface area (Å²) >= 11 is 5.89. The van der Waals surface area contributed by atoms with Gasteiger partial charge in [0.2, 0.25) is 11.9 Å². The third-order valence-electron chi connectivity index (χ3n) is 3.28. The minimum atomic E-state index is 0.0549. The van der Waals surface area contributed by atoms with E-state index in [2.05, 4.69) is 20.5 Å². The Labute approximate surface area is 127 Å². The molecule has 1 aromatic carbocycles. The van der Waals surface area contributed by atoms with Crippen LogP contribution in [0.15, 0.2) is 30.5 Å². The molecule has 0 unspecified atom stereocenters. The van der Waals surface area contributed by atoms with Gasteiger partial charge >= 0.3 is 0 Å². The van der Waals surface area contributed by atoms with E-state index >= 15 is 0 Å². The van der Waals surface area contributed by atoms with E-state index in [1.54, 1.807) is 6.20 Å². The van der Waals surface area contributed by atoms with Crippen LogP contribution in [0.25, 0.3) is 11.3 Å². The number of benzene rings is 1. The lowest BCUT2D eigenvalue weighted by molar-refractivity contribution is -0.120. The van der Waals surface area contributed by atoms with Crippen LogP contribution >= 0.6 is 11.6 Å². The second kappa shape index (κ2) is 6.05. The summed E-state index contributed by atoms with van der Waals surface area (Å²) in [4.78, 5) is 17.9. The van der Waals surface area contributed by atoms with Gasteiger partial charge in [-0.2, -0.15) is 5.10 Å². The first-order valence-electron chi connectivity index (χ1n) is 6.70. The van der Waals surface area contributed by atoms with Crippen molar-refractivity contribution in [3.8, 4) is 11.3 Å². The Balaban J connectivity index is 1.85. The highest BCUT2D eigenvalue weighted by Crippen LogP contribution is 2.20. The summed E-state index contributed by atoms with van der Waals surface area (Å²) in [6.07, 6.45) is 2.06. The Hall–Kier alpha value is -2.21. The van der Waals surface area contributed by atoms with Gasteiger partial charge in [0.15, 0.2) is 0 Å². The molecule has 1 fully saturated rings. The highest BCUT2D eigenvalue weighted by atomic mass is 35.5. The Bertz CT molecular complexity index is 646. The molecule has 7 heteroatoms. The van der Waals surface area contributed by atoms with Gasteiger partial charge in [0.25, 0.3) is 0 Å². The maximum atomic E-state index is 11.4. The molecule has 3 rings (SSSR count). The van der Waals surface area contributed by atoms with Gasteiger partial charge in [0.1, 0.15) is 0 Å². The molecule has 1 N–H and O–H groups in total. The largest absolute Gasteiger partial charge is 0.354 e. The predicted molar refractivity (Wildman–Crippen MR) is 80.1 cm³/mol. The number of nitrogens with zero attached hydrogens (tertiary/aromatic N) is 4. The first-order chi connectivity index (χ1) is 10.2. The molecule has 108 valence electrons. The van der Waals surface area contributed by atoms with Gasteiger partial charge in [-0.25, -0.2) is 4.98 Å². The van der Waals surface area contributed by atoms with Crippen molar-refractivity contribution in [2.75, 3.05) is 24.5 Å². The Kier molecular flexibility index (Phi) is 3.96. The number of carbonyl (C=O) groups excluding carboxylic acids is 1. The zero-order valence-corrected chi connectivity index (χ0v) is 12.0. The maximum Gasteiger partial charge on any atom is 0.245 e. The molecule has 0 spiro atoms. The number of hydrogen-bond donors (Lipinski definition) is 1. The molecular weight excluding hydrogens is 290 g/mol. The topological polar surface area (TPSA) is 71.0 Å². The summed E-state index contributed by atoms with van der Waals surface area (Å²) < 4.78 is 0. The van der Waals surface area contributed by atoms with Crippen molar-refractivity contribution in [2.45, 2.75) is 6.42 Å². The molecule has 1 amide bonds. The fourth-order valence-corrected chi connectivity index (χ4v) is 2.28. The van der Waals surface area contributed by atoms with Crippen LogP contribution in [-0.4, -0.2) is 40.7 Å². The second-order valence-electron chi connectivity index (χ2n) is 4.74. The van der Waals surface area contributed by atoms with Gasteiger partial charge in [-0.3, -0.25) is 4.79 Å². The normalized spacial score (nSPS) is 15.5. The SMILES string of the molecule is O=C1CCN(c2nncc(-c3ccc(Cl)cc3)n2)CCN1. The van der Waals surface area contributed by atoms with Gasteiger partial charge in [0.05, 0.1) is 11.9 Å². The van der Waals surface area contributed by atoms with Crippen molar-refractivity contribution in [2.24, 2.45) is 0 Å². The van der Waals surface area contributed by atoms with Crippen LogP contribution in [0.4, 0.5) is 5.95 Å². The molecule has 0 aliphatic carbocycles. The van der Waals surface area contributed by atoms with Crippen LogP contribution in [0.1, 0.15) is 6.42 Å². The highest BCUT2D eigenvalue weighted by Gasteiger charge is 2.16. The molecule has 2 aromatic rings. The first kappa shape index (κ1) is 13.8. The lowest BCUT2D eigenvalue weighted by atomic mass is 10.2. The number of hydrogen-bond acceptors (Lipinski definition) is 5. The number of nitrogens with one attached hydrogen (secondary N) is 1. The summed E-state index contributed by atoms with van der Waals surface area (Å²) in [7, 11) is 0. The van der Waals surface area contributed by atoms with Crippen LogP contribution in [0.5, 0.6) is 0 Å². The Morgan fingerprint density at radius 2 is 2.00 bits per heavy atom. The van der Waals surface area contributed by atoms with E-state index in [9.17, 15) is 4.79 Å². The lowest BCUT2D eigenvalue weighted by Gasteiger charge is -2.18. The molecule has 6 nitrogen and oxygen atoms in total. The molecule has 0 bridgehead atoms. The van der Waals surface area contributed by atoms with Gasteiger partial charge < -0.3 is 10.2 Å². The Morgan fingerprint density at radius 3 is 2.81 bits per heavy atom. The zero-order chi connectivity index (χ0) is 14.7. The Morgan fingerprint density at radius 1 is 1.19 bits per heavy atom. The maximum absolute atomic E-state index is 11.4. The average Bonchev–Trinajstić information content (AvgIpc) is 2.73. The fraction of sp³-hybridized carbons (Fsp3) is 0.286. The minimum absolute atomic E-state index is 0.0549. The van der Waals surface area contributed by atoms with Crippen molar-refractivity contribution in [1.29, 1.82) is 0 Å². The molecule has 1 aliphatic heterocycles. The first-order valence-corrected chi connectivity index (χ1v) is 7.07.